The molecule has 0 saturated heterocycles. The smallest absolute Gasteiger partial charge is 0.340 e. The van der Waals surface area contributed by atoms with Gasteiger partial charge in [0.2, 0.25) is 0 Å². The molecule has 0 amide bonds. The van der Waals surface area contributed by atoms with E-state index < -0.39 is 0 Å². The molecule has 82 valence electrons. The molecule has 0 aliphatic carbocycles. The van der Waals surface area contributed by atoms with Gasteiger partial charge in [-0.3, -0.25) is 0 Å². The van der Waals surface area contributed by atoms with Gasteiger partial charge in [0.25, 0.3) is 0 Å². The van der Waals surface area contributed by atoms with E-state index in [0.717, 1.165) is 11.1 Å². The SMILES string of the molecule is Cc1cc(C)c(N)c(C(=O)OC(C)C)c1. The van der Waals surface area contributed by atoms with E-state index >= 15 is 0 Å². The highest BCUT2D eigenvalue weighted by molar-refractivity contribution is 5.96. The molecule has 0 saturated carbocycles. The topological polar surface area (TPSA) is 52.3 Å². The van der Waals surface area contributed by atoms with Crippen molar-refractivity contribution in [1.29, 1.82) is 0 Å². The Kier molecular flexibility index (Phi) is 3.35. The molecule has 1 rings (SSSR count). The van der Waals surface area contributed by atoms with Gasteiger partial charge in [0.05, 0.1) is 11.7 Å². The normalized spacial score (nSPS) is 10.5. The van der Waals surface area contributed by atoms with Gasteiger partial charge >= 0.3 is 5.97 Å². The van der Waals surface area contributed by atoms with Crippen LogP contribution in [0.25, 0.3) is 0 Å². The van der Waals surface area contributed by atoms with E-state index in [-0.39, 0.29) is 12.1 Å². The Labute approximate surface area is 90.2 Å². The summed E-state index contributed by atoms with van der Waals surface area (Å²) in [6.45, 7) is 7.45. The largest absolute Gasteiger partial charge is 0.459 e. The molecule has 0 bridgehead atoms. The van der Waals surface area contributed by atoms with Crippen molar-refractivity contribution >= 4 is 11.7 Å². The number of anilines is 1. The Morgan fingerprint density at radius 3 is 2.47 bits per heavy atom. The van der Waals surface area contributed by atoms with Crippen molar-refractivity contribution < 1.29 is 9.53 Å². The minimum absolute atomic E-state index is 0.127. The van der Waals surface area contributed by atoms with Crippen LogP contribution >= 0.6 is 0 Å². The van der Waals surface area contributed by atoms with Crippen LogP contribution in [0.4, 0.5) is 5.69 Å². The average molecular weight is 207 g/mol. The van der Waals surface area contributed by atoms with Gasteiger partial charge in [-0.1, -0.05) is 6.07 Å². The Hall–Kier alpha value is -1.51. The lowest BCUT2D eigenvalue weighted by molar-refractivity contribution is 0.0379. The lowest BCUT2D eigenvalue weighted by Gasteiger charge is -2.12. The van der Waals surface area contributed by atoms with Crippen LogP contribution in [0.5, 0.6) is 0 Å². The molecule has 1 aromatic rings. The van der Waals surface area contributed by atoms with Crippen molar-refractivity contribution in [2.75, 3.05) is 5.73 Å². The molecule has 3 nitrogen and oxygen atoms in total. The highest BCUT2D eigenvalue weighted by Crippen LogP contribution is 2.20. The predicted molar refractivity (Wildman–Crippen MR) is 60.9 cm³/mol. The number of esters is 1. The summed E-state index contributed by atoms with van der Waals surface area (Å²) in [5.74, 6) is -0.352. The highest BCUT2D eigenvalue weighted by Gasteiger charge is 2.14. The summed E-state index contributed by atoms with van der Waals surface area (Å²) in [5, 5.41) is 0. The molecule has 0 unspecified atom stereocenters. The molecule has 2 N–H and O–H groups in total. The number of benzene rings is 1. The Bertz CT molecular complexity index is 383. The minimum Gasteiger partial charge on any atom is -0.459 e. The molecule has 0 spiro atoms. The number of nitrogen functional groups attached to an aromatic ring is 1. The molecule has 3 heteroatoms. The van der Waals surface area contributed by atoms with E-state index in [0.29, 0.717) is 11.3 Å². The average Bonchev–Trinajstić information content (AvgIpc) is 2.09. The number of rotatable bonds is 2. The number of aryl methyl sites for hydroxylation is 2. The zero-order valence-corrected chi connectivity index (χ0v) is 9.63. The number of carbonyl (C=O) groups is 1. The lowest BCUT2D eigenvalue weighted by atomic mass is 10.0. The van der Waals surface area contributed by atoms with E-state index in [1.807, 2.05) is 33.8 Å². The molecule has 0 fully saturated rings. The van der Waals surface area contributed by atoms with Gasteiger partial charge in [-0.15, -0.1) is 0 Å². The van der Waals surface area contributed by atoms with E-state index in [1.165, 1.54) is 0 Å². The van der Waals surface area contributed by atoms with Crippen LogP contribution in [0.1, 0.15) is 35.3 Å². The number of hydrogen-bond acceptors (Lipinski definition) is 3. The van der Waals surface area contributed by atoms with Gasteiger partial charge in [0.15, 0.2) is 0 Å². The molecule has 0 atom stereocenters. The van der Waals surface area contributed by atoms with Gasteiger partial charge in [-0.05, 0) is 44.9 Å². The summed E-state index contributed by atoms with van der Waals surface area (Å²) in [4.78, 5) is 11.7. The van der Waals surface area contributed by atoms with Gasteiger partial charge in [0.1, 0.15) is 0 Å². The van der Waals surface area contributed by atoms with Crippen LogP contribution in [-0.2, 0) is 4.74 Å². The van der Waals surface area contributed by atoms with Crippen LogP contribution < -0.4 is 5.73 Å². The van der Waals surface area contributed by atoms with Crippen LogP contribution in [0.3, 0.4) is 0 Å². The van der Waals surface area contributed by atoms with Crippen molar-refractivity contribution in [2.45, 2.75) is 33.8 Å². The molecule has 1 aromatic carbocycles. The first-order valence-corrected chi connectivity index (χ1v) is 4.99. The second-order valence-electron chi connectivity index (χ2n) is 4.00. The van der Waals surface area contributed by atoms with E-state index in [1.54, 1.807) is 6.07 Å². The fourth-order valence-corrected chi connectivity index (χ4v) is 1.43. The standard InChI is InChI=1S/C12H17NO2/c1-7(2)15-12(14)10-6-8(3)5-9(4)11(10)13/h5-7H,13H2,1-4H3. The second-order valence-corrected chi connectivity index (χ2v) is 4.00. The summed E-state index contributed by atoms with van der Waals surface area (Å²) in [6.07, 6.45) is -0.127. The van der Waals surface area contributed by atoms with Crippen LogP contribution in [-0.4, -0.2) is 12.1 Å². The lowest BCUT2D eigenvalue weighted by Crippen LogP contribution is -2.14. The first-order valence-electron chi connectivity index (χ1n) is 4.99. The zero-order valence-electron chi connectivity index (χ0n) is 9.63. The van der Waals surface area contributed by atoms with Gasteiger partial charge in [-0.25, -0.2) is 4.79 Å². The quantitative estimate of drug-likeness (QED) is 0.598. The Morgan fingerprint density at radius 2 is 1.93 bits per heavy atom. The van der Waals surface area contributed by atoms with Crippen LogP contribution in [0.15, 0.2) is 12.1 Å². The molecule has 0 aliphatic heterocycles. The van der Waals surface area contributed by atoms with Crippen LogP contribution in [0, 0.1) is 13.8 Å². The van der Waals surface area contributed by atoms with Gasteiger partial charge in [0, 0.05) is 5.69 Å². The maximum atomic E-state index is 11.7. The maximum Gasteiger partial charge on any atom is 0.340 e. The molecular formula is C12H17NO2. The zero-order chi connectivity index (χ0) is 11.6. The van der Waals surface area contributed by atoms with Gasteiger partial charge in [-0.2, -0.15) is 0 Å². The molecule has 0 radical (unpaired) electrons. The predicted octanol–water partition coefficient (Wildman–Crippen LogP) is 2.45. The van der Waals surface area contributed by atoms with E-state index in [4.69, 9.17) is 10.5 Å². The Morgan fingerprint density at radius 1 is 1.33 bits per heavy atom. The summed E-state index contributed by atoms with van der Waals surface area (Å²) in [5.41, 5.74) is 8.71. The fourth-order valence-electron chi connectivity index (χ4n) is 1.43. The van der Waals surface area contributed by atoms with E-state index in [2.05, 4.69) is 0 Å². The monoisotopic (exact) mass is 207 g/mol. The highest BCUT2D eigenvalue weighted by atomic mass is 16.5. The Balaban J connectivity index is 3.08. The summed E-state index contributed by atoms with van der Waals surface area (Å²) in [6, 6.07) is 3.70. The number of nitrogens with two attached hydrogens (primary N) is 1. The summed E-state index contributed by atoms with van der Waals surface area (Å²) in [7, 11) is 0. The molecule has 0 aliphatic rings. The number of hydrogen-bond donors (Lipinski definition) is 1. The van der Waals surface area contributed by atoms with Crippen molar-refractivity contribution in [3.05, 3.63) is 28.8 Å². The maximum absolute atomic E-state index is 11.7. The molecule has 0 heterocycles. The van der Waals surface area contributed by atoms with Crippen molar-refractivity contribution in [1.82, 2.24) is 0 Å². The second kappa shape index (κ2) is 4.34. The summed E-state index contributed by atoms with van der Waals surface area (Å²) >= 11 is 0. The third-order valence-electron chi connectivity index (χ3n) is 2.09. The first kappa shape index (κ1) is 11.6. The molecular weight excluding hydrogens is 190 g/mol. The van der Waals surface area contributed by atoms with Gasteiger partial charge < -0.3 is 10.5 Å². The number of ether oxygens (including phenoxy) is 1. The van der Waals surface area contributed by atoms with Crippen molar-refractivity contribution in [2.24, 2.45) is 0 Å². The van der Waals surface area contributed by atoms with Crippen molar-refractivity contribution in [3.63, 3.8) is 0 Å². The third-order valence-corrected chi connectivity index (χ3v) is 2.09. The number of carbonyl (C=O) groups excluding carboxylic acids is 1. The molecule has 0 aromatic heterocycles. The van der Waals surface area contributed by atoms with E-state index in [9.17, 15) is 4.79 Å². The first-order chi connectivity index (χ1) is 6.91. The third kappa shape index (κ3) is 2.72. The van der Waals surface area contributed by atoms with Crippen LogP contribution in [0.2, 0.25) is 0 Å². The summed E-state index contributed by atoms with van der Waals surface area (Å²) < 4.78 is 5.11. The fraction of sp³-hybridized carbons (Fsp3) is 0.417. The van der Waals surface area contributed by atoms with Crippen molar-refractivity contribution in [3.8, 4) is 0 Å². The minimum atomic E-state index is -0.352. The molecule has 15 heavy (non-hydrogen) atoms.